The largest absolute Gasteiger partial charge is 0.412 e. The molecule has 0 saturated heterocycles. The van der Waals surface area contributed by atoms with Crippen LogP contribution in [0, 0.1) is 46.3 Å². The smallest absolute Gasteiger partial charge is 0.120 e. The number of carbonyl (C=O) groups is 1. The maximum Gasteiger partial charge on any atom is 0.120 e. The Labute approximate surface area is 172 Å². The monoisotopic (exact) mass is 398 g/mol. The first kappa shape index (κ1) is 25.6. The fraction of sp³-hybridized carbons (Fsp3) is 0.958. The van der Waals surface area contributed by atoms with Crippen molar-refractivity contribution in [2.75, 3.05) is 0 Å². The number of aldehydes is 1. The van der Waals surface area contributed by atoms with Crippen LogP contribution in [0.15, 0.2) is 0 Å². The molecule has 0 spiro atoms. The van der Waals surface area contributed by atoms with Gasteiger partial charge in [0.05, 0.1) is 0 Å². The molecule has 4 aliphatic carbocycles. The molecule has 4 saturated carbocycles. The predicted octanol–water partition coefficient (Wildman–Crippen LogP) is 4.18. The molecule has 4 fully saturated rings. The van der Waals surface area contributed by atoms with Gasteiger partial charge in [0.15, 0.2) is 0 Å². The Balaban J connectivity index is 0.00000131. The normalized spacial score (nSPS) is 45.0. The molecule has 0 aromatic heterocycles. The lowest BCUT2D eigenvalue weighted by atomic mass is 9.44. The second kappa shape index (κ2) is 9.57. The summed E-state index contributed by atoms with van der Waals surface area (Å²) in [6.07, 6.45) is 18.0. The lowest BCUT2D eigenvalue weighted by molar-refractivity contribution is -0.115. The Hall–Kier alpha value is -0.450. The van der Waals surface area contributed by atoms with Crippen LogP contribution >= 0.6 is 0 Å². The first-order valence-electron chi connectivity index (χ1n) is 11.4. The van der Waals surface area contributed by atoms with Gasteiger partial charge in [-0.15, -0.1) is 0 Å². The van der Waals surface area contributed by atoms with Crippen LogP contribution in [0.2, 0.25) is 0 Å². The van der Waals surface area contributed by atoms with Crippen LogP contribution in [0.5, 0.6) is 0 Å². The molecule has 1 unspecified atom stereocenters. The minimum Gasteiger partial charge on any atom is -0.412 e. The van der Waals surface area contributed by atoms with Crippen molar-refractivity contribution in [3.05, 3.63) is 0 Å². The molecule has 0 heterocycles. The standard InChI is InChI=1S/C24H40O.3H2O/c1-17(7-6-16-25)20-11-12-21-19-10-9-18-8-4-5-14-23(18,2)22(19)13-15-24(20,21)3;;;/h16-22H,4-15H2,1-3H3;3*1H2/t17-,18?,19+,20-,21+,22+,23+,24-;;;/m1.../s1. The van der Waals surface area contributed by atoms with Crippen molar-refractivity contribution in [2.24, 2.45) is 46.3 Å². The van der Waals surface area contributed by atoms with E-state index in [1.807, 2.05) is 0 Å². The average Bonchev–Trinajstić information content (AvgIpc) is 2.96. The molecule has 0 radical (unpaired) electrons. The second-order valence-corrected chi connectivity index (χ2v) is 10.9. The lowest BCUT2D eigenvalue weighted by Gasteiger charge is -2.61. The summed E-state index contributed by atoms with van der Waals surface area (Å²) < 4.78 is 0. The highest BCUT2D eigenvalue weighted by atomic mass is 16.1. The van der Waals surface area contributed by atoms with E-state index in [0.29, 0.717) is 10.8 Å². The van der Waals surface area contributed by atoms with Gasteiger partial charge in [-0.1, -0.05) is 33.6 Å². The fourth-order valence-electron chi connectivity index (χ4n) is 8.80. The van der Waals surface area contributed by atoms with Gasteiger partial charge in [-0.25, -0.2) is 0 Å². The van der Waals surface area contributed by atoms with Gasteiger partial charge < -0.3 is 21.2 Å². The van der Waals surface area contributed by atoms with Gasteiger partial charge in [0.25, 0.3) is 0 Å². The first-order valence-corrected chi connectivity index (χ1v) is 11.4. The van der Waals surface area contributed by atoms with E-state index in [0.717, 1.165) is 54.6 Å². The van der Waals surface area contributed by atoms with Crippen molar-refractivity contribution in [1.29, 1.82) is 0 Å². The van der Waals surface area contributed by atoms with Gasteiger partial charge in [0.1, 0.15) is 6.29 Å². The maximum atomic E-state index is 10.8. The van der Waals surface area contributed by atoms with Crippen molar-refractivity contribution in [3.63, 3.8) is 0 Å². The van der Waals surface area contributed by atoms with Gasteiger partial charge >= 0.3 is 0 Å². The van der Waals surface area contributed by atoms with Crippen molar-refractivity contribution in [3.8, 4) is 0 Å². The van der Waals surface area contributed by atoms with E-state index in [1.54, 1.807) is 0 Å². The summed E-state index contributed by atoms with van der Waals surface area (Å²) >= 11 is 0. The van der Waals surface area contributed by atoms with Gasteiger partial charge in [-0.05, 0) is 104 Å². The highest BCUT2D eigenvalue weighted by molar-refractivity contribution is 5.49. The SMILES string of the molecule is C[C@H](CCC=O)[C@H]1CC[C@H]2[C@@H]3CCC4CCCC[C@]4(C)[C@H]3CC[C@]12C.O.O.O. The predicted molar refractivity (Wildman–Crippen MR) is 115 cm³/mol. The van der Waals surface area contributed by atoms with Crippen molar-refractivity contribution >= 4 is 6.29 Å². The molecule has 8 atom stereocenters. The molecule has 4 nitrogen and oxygen atoms in total. The molecule has 28 heavy (non-hydrogen) atoms. The van der Waals surface area contributed by atoms with Gasteiger partial charge in [-0.2, -0.15) is 0 Å². The molecule has 4 rings (SSSR count). The summed E-state index contributed by atoms with van der Waals surface area (Å²) in [6.45, 7) is 7.78. The third-order valence-corrected chi connectivity index (χ3v) is 10.1. The molecule has 4 aliphatic rings. The number of hydrogen-bond donors (Lipinski definition) is 0. The molecule has 0 bridgehead atoms. The number of hydrogen-bond acceptors (Lipinski definition) is 1. The van der Waals surface area contributed by atoms with E-state index in [9.17, 15) is 4.79 Å². The molecule has 6 N–H and O–H groups in total. The van der Waals surface area contributed by atoms with Crippen molar-refractivity contribution in [1.82, 2.24) is 0 Å². The molecule has 4 heteroatoms. The summed E-state index contributed by atoms with van der Waals surface area (Å²) in [5.74, 6) is 5.66. The molecule has 0 aromatic rings. The van der Waals surface area contributed by atoms with Crippen molar-refractivity contribution < 1.29 is 21.2 Å². The van der Waals surface area contributed by atoms with Crippen LogP contribution in [-0.4, -0.2) is 22.7 Å². The molecule has 166 valence electrons. The van der Waals surface area contributed by atoms with Crippen LogP contribution in [0.1, 0.15) is 97.8 Å². The van der Waals surface area contributed by atoms with Crippen LogP contribution in [0.4, 0.5) is 0 Å². The van der Waals surface area contributed by atoms with Crippen LogP contribution in [0.3, 0.4) is 0 Å². The summed E-state index contributed by atoms with van der Waals surface area (Å²) in [5.41, 5.74) is 1.24. The molecular weight excluding hydrogens is 352 g/mol. The molecular formula is C24H46O4. The zero-order valence-corrected chi connectivity index (χ0v) is 18.4. The summed E-state index contributed by atoms with van der Waals surface area (Å²) in [6, 6.07) is 0. The number of carbonyl (C=O) groups excluding carboxylic acids is 1. The zero-order chi connectivity index (χ0) is 17.7. The van der Waals surface area contributed by atoms with E-state index in [4.69, 9.17) is 0 Å². The quantitative estimate of drug-likeness (QED) is 0.650. The zero-order valence-electron chi connectivity index (χ0n) is 18.4. The van der Waals surface area contributed by atoms with Crippen molar-refractivity contribution in [2.45, 2.75) is 97.8 Å². The Morgan fingerprint density at radius 2 is 1.57 bits per heavy atom. The first-order chi connectivity index (χ1) is 12.0. The molecule has 0 aromatic carbocycles. The Morgan fingerprint density at radius 3 is 2.29 bits per heavy atom. The Morgan fingerprint density at radius 1 is 0.857 bits per heavy atom. The van der Waals surface area contributed by atoms with Gasteiger partial charge in [-0.3, -0.25) is 0 Å². The molecule has 0 aliphatic heterocycles. The third kappa shape index (κ3) is 3.81. The average molecular weight is 399 g/mol. The van der Waals surface area contributed by atoms with E-state index >= 15 is 0 Å². The summed E-state index contributed by atoms with van der Waals surface area (Å²) in [5, 5.41) is 0. The van der Waals surface area contributed by atoms with E-state index in [2.05, 4.69) is 20.8 Å². The van der Waals surface area contributed by atoms with Crippen LogP contribution < -0.4 is 0 Å². The Kier molecular flexibility index (Phi) is 8.75. The highest BCUT2D eigenvalue weighted by Gasteiger charge is 2.59. The topological polar surface area (TPSA) is 112 Å². The van der Waals surface area contributed by atoms with E-state index in [-0.39, 0.29) is 16.4 Å². The lowest BCUT2D eigenvalue weighted by Crippen LogP contribution is -2.53. The van der Waals surface area contributed by atoms with E-state index < -0.39 is 0 Å². The maximum absolute atomic E-state index is 10.8. The highest BCUT2D eigenvalue weighted by Crippen LogP contribution is 2.68. The summed E-state index contributed by atoms with van der Waals surface area (Å²) in [4.78, 5) is 10.8. The Bertz CT molecular complexity index is 509. The minimum absolute atomic E-state index is 0. The minimum atomic E-state index is 0. The van der Waals surface area contributed by atoms with Crippen LogP contribution in [-0.2, 0) is 4.79 Å². The van der Waals surface area contributed by atoms with Crippen LogP contribution in [0.25, 0.3) is 0 Å². The van der Waals surface area contributed by atoms with Gasteiger partial charge in [0.2, 0.25) is 0 Å². The number of fused-ring (bicyclic) bond motifs is 5. The van der Waals surface area contributed by atoms with E-state index in [1.165, 1.54) is 64.2 Å². The molecule has 0 amide bonds. The summed E-state index contributed by atoms with van der Waals surface area (Å²) in [7, 11) is 0. The van der Waals surface area contributed by atoms with Gasteiger partial charge in [0, 0.05) is 6.42 Å². The third-order valence-electron chi connectivity index (χ3n) is 10.1. The fourth-order valence-corrected chi connectivity index (χ4v) is 8.80. The number of rotatable bonds is 4. The second-order valence-electron chi connectivity index (χ2n) is 10.9.